The lowest BCUT2D eigenvalue weighted by Gasteiger charge is -2.31. The van der Waals surface area contributed by atoms with Gasteiger partial charge in [0.25, 0.3) is 0 Å². The van der Waals surface area contributed by atoms with E-state index in [2.05, 4.69) is 12.2 Å². The summed E-state index contributed by atoms with van der Waals surface area (Å²) in [6, 6.07) is 0.309. The molecule has 0 radical (unpaired) electrons. The Bertz CT molecular complexity index is 181. The fraction of sp³-hybridized carbons (Fsp3) is 0.875. The zero-order valence-corrected chi connectivity index (χ0v) is 6.67. The number of fused-ring (bicyclic) bond motifs is 1. The zero-order chi connectivity index (χ0) is 7.84. The van der Waals surface area contributed by atoms with E-state index in [1.165, 1.54) is 12.8 Å². The molecule has 1 heterocycles. The van der Waals surface area contributed by atoms with Crippen molar-refractivity contribution in [3.63, 3.8) is 0 Å². The molecule has 1 amide bonds. The van der Waals surface area contributed by atoms with Crippen molar-refractivity contribution in [1.82, 2.24) is 5.32 Å². The van der Waals surface area contributed by atoms with Crippen LogP contribution in [0.5, 0.6) is 0 Å². The van der Waals surface area contributed by atoms with Crippen molar-refractivity contribution in [2.24, 2.45) is 5.92 Å². The molecule has 11 heavy (non-hydrogen) atoms. The van der Waals surface area contributed by atoms with Gasteiger partial charge in [-0.05, 0) is 26.2 Å². The predicted octanol–water partition coefficient (Wildman–Crippen LogP) is 1.28. The highest BCUT2D eigenvalue weighted by atomic mass is 16.6. The number of carbonyl (C=O) groups excluding carboxylic acids is 1. The van der Waals surface area contributed by atoms with Crippen molar-refractivity contribution in [3.8, 4) is 0 Å². The van der Waals surface area contributed by atoms with Gasteiger partial charge in [0.1, 0.15) is 6.10 Å². The van der Waals surface area contributed by atoms with Crippen molar-refractivity contribution in [1.29, 1.82) is 0 Å². The molecule has 3 atom stereocenters. The van der Waals surface area contributed by atoms with Crippen LogP contribution in [0.4, 0.5) is 4.79 Å². The normalized spacial score (nSPS) is 42.6. The molecule has 1 aliphatic heterocycles. The first kappa shape index (κ1) is 6.95. The molecule has 3 heteroatoms. The number of ether oxygens (including phenoxy) is 1. The van der Waals surface area contributed by atoms with Gasteiger partial charge in [-0.3, -0.25) is 0 Å². The van der Waals surface area contributed by atoms with Crippen molar-refractivity contribution in [3.05, 3.63) is 0 Å². The molecule has 1 saturated carbocycles. The van der Waals surface area contributed by atoms with E-state index in [9.17, 15) is 4.79 Å². The topological polar surface area (TPSA) is 38.3 Å². The van der Waals surface area contributed by atoms with Crippen LogP contribution in [0.1, 0.15) is 26.2 Å². The number of rotatable bonds is 0. The quantitative estimate of drug-likeness (QED) is 0.572. The molecule has 1 N–H and O–H groups in total. The van der Waals surface area contributed by atoms with E-state index in [0.29, 0.717) is 12.0 Å². The maximum absolute atomic E-state index is 10.9. The second-order valence-corrected chi connectivity index (χ2v) is 3.47. The van der Waals surface area contributed by atoms with Gasteiger partial charge in [0.05, 0.1) is 0 Å². The molecule has 0 unspecified atom stereocenters. The van der Waals surface area contributed by atoms with E-state index in [1.54, 1.807) is 0 Å². The van der Waals surface area contributed by atoms with Crippen molar-refractivity contribution in [2.45, 2.75) is 38.3 Å². The van der Waals surface area contributed by atoms with Crippen LogP contribution in [0.25, 0.3) is 0 Å². The molecule has 2 aliphatic rings. The Balaban J connectivity index is 2.10. The zero-order valence-electron chi connectivity index (χ0n) is 6.67. The third-order valence-electron chi connectivity index (χ3n) is 2.75. The first-order valence-electron chi connectivity index (χ1n) is 4.24. The van der Waals surface area contributed by atoms with Crippen LogP contribution >= 0.6 is 0 Å². The summed E-state index contributed by atoms with van der Waals surface area (Å²) >= 11 is 0. The summed E-state index contributed by atoms with van der Waals surface area (Å²) in [6.07, 6.45) is 3.43. The van der Waals surface area contributed by atoms with Crippen molar-refractivity contribution < 1.29 is 9.53 Å². The van der Waals surface area contributed by atoms with Crippen LogP contribution in [-0.4, -0.2) is 18.2 Å². The average Bonchev–Trinajstić information content (AvgIpc) is 2.34. The standard InChI is InChI=1S/C8H13NO2/c1-5-6-3-2-4-7(6)11-8(10)9-5/h5-7H,2-4H2,1H3,(H,9,10)/t5-,6+,7-/m0/s1. The molecule has 0 spiro atoms. The number of hydrogen-bond donors (Lipinski definition) is 1. The van der Waals surface area contributed by atoms with Crippen molar-refractivity contribution in [2.75, 3.05) is 0 Å². The van der Waals surface area contributed by atoms with Crippen LogP contribution in [0.2, 0.25) is 0 Å². The minimum atomic E-state index is -0.236. The van der Waals surface area contributed by atoms with E-state index in [-0.39, 0.29) is 12.2 Å². The van der Waals surface area contributed by atoms with Gasteiger partial charge in [-0.2, -0.15) is 0 Å². The molecule has 0 bridgehead atoms. The van der Waals surface area contributed by atoms with Crippen LogP contribution in [0.3, 0.4) is 0 Å². The Morgan fingerprint density at radius 2 is 2.36 bits per heavy atom. The van der Waals surface area contributed by atoms with Crippen LogP contribution in [-0.2, 0) is 4.74 Å². The monoisotopic (exact) mass is 155 g/mol. The third kappa shape index (κ3) is 1.08. The lowest BCUT2D eigenvalue weighted by atomic mass is 9.96. The average molecular weight is 155 g/mol. The Morgan fingerprint density at radius 3 is 3.18 bits per heavy atom. The van der Waals surface area contributed by atoms with Gasteiger partial charge in [-0.25, -0.2) is 4.79 Å². The van der Waals surface area contributed by atoms with Gasteiger partial charge in [-0.15, -0.1) is 0 Å². The van der Waals surface area contributed by atoms with E-state index in [1.807, 2.05) is 0 Å². The van der Waals surface area contributed by atoms with Gasteiger partial charge in [0.2, 0.25) is 0 Å². The van der Waals surface area contributed by atoms with E-state index in [0.717, 1.165) is 6.42 Å². The molecule has 1 aliphatic carbocycles. The maximum Gasteiger partial charge on any atom is 0.407 e. The molecule has 3 nitrogen and oxygen atoms in total. The Labute approximate surface area is 66.1 Å². The van der Waals surface area contributed by atoms with Crippen LogP contribution in [0, 0.1) is 5.92 Å². The summed E-state index contributed by atoms with van der Waals surface area (Å²) in [5, 5.41) is 2.79. The fourth-order valence-electron chi connectivity index (χ4n) is 2.14. The SMILES string of the molecule is C[C@@H]1NC(=O)O[C@H]2CCC[C@H]12. The van der Waals surface area contributed by atoms with Gasteiger partial charge in [0, 0.05) is 12.0 Å². The lowest BCUT2D eigenvalue weighted by Crippen LogP contribution is -2.48. The molecule has 2 fully saturated rings. The number of nitrogens with one attached hydrogen (secondary N) is 1. The molecular weight excluding hydrogens is 142 g/mol. The highest BCUT2D eigenvalue weighted by Gasteiger charge is 2.38. The summed E-state index contributed by atoms with van der Waals surface area (Å²) < 4.78 is 5.13. The van der Waals surface area contributed by atoms with E-state index in [4.69, 9.17) is 4.74 Å². The number of carbonyl (C=O) groups is 1. The first-order valence-corrected chi connectivity index (χ1v) is 4.24. The Kier molecular flexibility index (Phi) is 1.51. The first-order chi connectivity index (χ1) is 5.27. The fourth-order valence-corrected chi connectivity index (χ4v) is 2.14. The summed E-state index contributed by atoms with van der Waals surface area (Å²) in [7, 11) is 0. The highest BCUT2D eigenvalue weighted by Crippen LogP contribution is 2.33. The Hall–Kier alpha value is -0.730. The summed E-state index contributed by atoms with van der Waals surface area (Å²) in [5.41, 5.74) is 0. The summed E-state index contributed by atoms with van der Waals surface area (Å²) in [5.74, 6) is 0.563. The minimum Gasteiger partial charge on any atom is -0.446 e. The van der Waals surface area contributed by atoms with Gasteiger partial charge < -0.3 is 10.1 Å². The van der Waals surface area contributed by atoms with Gasteiger partial charge in [0.15, 0.2) is 0 Å². The number of amides is 1. The predicted molar refractivity (Wildman–Crippen MR) is 40.2 cm³/mol. The molecule has 0 aromatic carbocycles. The largest absolute Gasteiger partial charge is 0.446 e. The highest BCUT2D eigenvalue weighted by molar-refractivity contribution is 5.68. The molecular formula is C8H13NO2. The van der Waals surface area contributed by atoms with Crippen LogP contribution in [0.15, 0.2) is 0 Å². The number of alkyl carbamates (subject to hydrolysis) is 1. The Morgan fingerprint density at radius 1 is 1.55 bits per heavy atom. The lowest BCUT2D eigenvalue weighted by molar-refractivity contribution is 0.0356. The van der Waals surface area contributed by atoms with Gasteiger partial charge >= 0.3 is 6.09 Å². The second kappa shape index (κ2) is 2.40. The molecule has 2 rings (SSSR count). The summed E-state index contributed by atoms with van der Waals surface area (Å²) in [6.45, 7) is 2.06. The smallest absolute Gasteiger partial charge is 0.407 e. The molecule has 62 valence electrons. The number of hydrogen-bond acceptors (Lipinski definition) is 2. The maximum atomic E-state index is 10.9. The second-order valence-electron chi connectivity index (χ2n) is 3.47. The van der Waals surface area contributed by atoms with E-state index < -0.39 is 0 Å². The van der Waals surface area contributed by atoms with Crippen molar-refractivity contribution >= 4 is 6.09 Å². The van der Waals surface area contributed by atoms with Crippen LogP contribution < -0.4 is 5.32 Å². The minimum absolute atomic E-state index is 0.207. The van der Waals surface area contributed by atoms with E-state index >= 15 is 0 Å². The molecule has 0 aromatic heterocycles. The molecule has 1 saturated heterocycles. The molecule has 0 aromatic rings. The summed E-state index contributed by atoms with van der Waals surface area (Å²) in [4.78, 5) is 10.9. The van der Waals surface area contributed by atoms with Gasteiger partial charge in [-0.1, -0.05) is 0 Å². The third-order valence-corrected chi connectivity index (χ3v) is 2.75.